The maximum atomic E-state index is 13.3. The van der Waals surface area contributed by atoms with Crippen molar-refractivity contribution in [2.45, 2.75) is 71.3 Å². The Hall–Kier alpha value is -1.23. The smallest absolute Gasteiger partial charge is 0.311 e. The molecule has 0 radical (unpaired) electrons. The van der Waals surface area contributed by atoms with Gasteiger partial charge in [0.05, 0.1) is 5.92 Å². The van der Waals surface area contributed by atoms with Gasteiger partial charge >= 0.3 is 5.97 Å². The summed E-state index contributed by atoms with van der Waals surface area (Å²) in [4.78, 5) is 38.1. The van der Waals surface area contributed by atoms with Gasteiger partial charge in [-0.3, -0.25) is 14.4 Å². The van der Waals surface area contributed by atoms with Gasteiger partial charge in [0, 0.05) is 37.3 Å². The van der Waals surface area contributed by atoms with Gasteiger partial charge in [-0.2, -0.15) is 0 Å². The predicted molar refractivity (Wildman–Crippen MR) is 103 cm³/mol. The molecule has 5 heteroatoms. The summed E-state index contributed by atoms with van der Waals surface area (Å²) < 4.78 is 5.80. The average molecular weight is 388 g/mol. The van der Waals surface area contributed by atoms with Crippen molar-refractivity contribution in [3.05, 3.63) is 0 Å². The highest BCUT2D eigenvalue weighted by atomic mass is 16.5. The van der Waals surface area contributed by atoms with Crippen LogP contribution in [0.25, 0.3) is 0 Å². The first-order valence-corrected chi connectivity index (χ1v) is 11.3. The van der Waals surface area contributed by atoms with Crippen LogP contribution in [0.4, 0.5) is 0 Å². The highest BCUT2D eigenvalue weighted by molar-refractivity contribution is 5.88. The Labute approximate surface area is 167 Å². The summed E-state index contributed by atoms with van der Waals surface area (Å²) >= 11 is 0. The van der Waals surface area contributed by atoms with Crippen LogP contribution in [0.5, 0.6) is 0 Å². The fourth-order valence-electron chi connectivity index (χ4n) is 7.60. The topological polar surface area (TPSA) is 72.5 Å². The molecule has 28 heavy (non-hydrogen) atoms. The Kier molecular flexibility index (Phi) is 4.28. The monoisotopic (exact) mass is 387 g/mol. The minimum atomic E-state index is -0.186. The van der Waals surface area contributed by atoms with Crippen molar-refractivity contribution in [2.24, 2.45) is 40.4 Å². The number of hydrogen-bond acceptors (Lipinski definition) is 5. The molecule has 0 aromatic rings. The molecule has 5 fully saturated rings. The molecule has 4 aliphatic carbocycles. The Morgan fingerprint density at radius 3 is 2.57 bits per heavy atom. The van der Waals surface area contributed by atoms with Crippen LogP contribution < -0.4 is 5.32 Å². The highest BCUT2D eigenvalue weighted by Gasteiger charge is 2.62. The Balaban J connectivity index is 1.34. The minimum Gasteiger partial charge on any atom is -0.462 e. The van der Waals surface area contributed by atoms with Crippen LogP contribution in [0.15, 0.2) is 0 Å². The van der Waals surface area contributed by atoms with Crippen molar-refractivity contribution >= 4 is 17.5 Å². The summed E-state index contributed by atoms with van der Waals surface area (Å²) in [6.07, 6.45) is 6.79. The SMILES string of the molecule is C[C@]12CC[C@H](OC(=O)C3CNC3)CC1C(=O)C[C@@H]1[C@@H]2CC[C@]2(C)C(=O)CC[C@@H]12. The van der Waals surface area contributed by atoms with E-state index in [0.717, 1.165) is 32.1 Å². The lowest BCUT2D eigenvalue weighted by Crippen LogP contribution is -2.57. The molecular weight excluding hydrogens is 354 g/mol. The predicted octanol–water partition coefficient (Wildman–Crippen LogP) is 2.91. The van der Waals surface area contributed by atoms with Crippen molar-refractivity contribution < 1.29 is 19.1 Å². The van der Waals surface area contributed by atoms with E-state index in [-0.39, 0.29) is 34.7 Å². The number of carbonyl (C=O) groups excluding carboxylic acids is 3. The average Bonchev–Trinajstić information content (AvgIpc) is 2.90. The molecule has 4 saturated carbocycles. The zero-order valence-electron chi connectivity index (χ0n) is 17.2. The summed E-state index contributed by atoms with van der Waals surface area (Å²) in [6.45, 7) is 5.91. The summed E-state index contributed by atoms with van der Waals surface area (Å²) in [5.41, 5.74) is -0.178. The Morgan fingerprint density at radius 2 is 1.86 bits per heavy atom. The molecule has 5 nitrogen and oxygen atoms in total. The summed E-state index contributed by atoms with van der Waals surface area (Å²) in [5.74, 6) is 2.01. The number of ether oxygens (including phenoxy) is 1. The van der Waals surface area contributed by atoms with E-state index < -0.39 is 0 Å². The fourth-order valence-corrected chi connectivity index (χ4v) is 7.60. The van der Waals surface area contributed by atoms with Gasteiger partial charge in [-0.15, -0.1) is 0 Å². The van der Waals surface area contributed by atoms with Gasteiger partial charge in [0.15, 0.2) is 0 Å². The first-order valence-electron chi connectivity index (χ1n) is 11.3. The van der Waals surface area contributed by atoms with Crippen LogP contribution in [-0.2, 0) is 19.1 Å². The van der Waals surface area contributed by atoms with E-state index in [2.05, 4.69) is 19.2 Å². The van der Waals surface area contributed by atoms with Crippen LogP contribution in [-0.4, -0.2) is 36.7 Å². The molecule has 0 aromatic carbocycles. The number of nitrogens with one attached hydrogen (secondary N) is 1. The first kappa shape index (κ1) is 18.8. The molecular formula is C23H33NO4. The maximum Gasteiger partial charge on any atom is 0.311 e. The van der Waals surface area contributed by atoms with E-state index in [9.17, 15) is 14.4 Å². The lowest BCUT2D eigenvalue weighted by Gasteiger charge is -2.59. The number of Topliss-reactive ketones (excluding diaryl/α,β-unsaturated/α-hetero) is 2. The number of carbonyl (C=O) groups is 3. The number of rotatable bonds is 2. The second-order valence-electron chi connectivity index (χ2n) is 10.7. The summed E-state index contributed by atoms with van der Waals surface area (Å²) in [7, 11) is 0. The molecule has 1 aliphatic heterocycles. The largest absolute Gasteiger partial charge is 0.462 e. The number of hydrogen-bond donors (Lipinski definition) is 1. The van der Waals surface area contributed by atoms with Crippen LogP contribution >= 0.6 is 0 Å². The van der Waals surface area contributed by atoms with Crippen molar-refractivity contribution in [1.29, 1.82) is 0 Å². The third-order valence-electron chi connectivity index (χ3n) is 9.52. The Morgan fingerprint density at radius 1 is 1.07 bits per heavy atom. The second-order valence-corrected chi connectivity index (χ2v) is 10.7. The zero-order chi connectivity index (χ0) is 19.7. The Bertz CT molecular complexity index is 715. The van der Waals surface area contributed by atoms with E-state index >= 15 is 0 Å². The fraction of sp³-hybridized carbons (Fsp3) is 0.870. The van der Waals surface area contributed by atoms with Crippen molar-refractivity contribution in [3.63, 3.8) is 0 Å². The van der Waals surface area contributed by atoms with Gasteiger partial charge in [-0.1, -0.05) is 13.8 Å². The van der Waals surface area contributed by atoms with E-state index in [1.807, 2.05) is 0 Å². The van der Waals surface area contributed by atoms with Gasteiger partial charge < -0.3 is 10.1 Å². The first-order chi connectivity index (χ1) is 13.3. The van der Waals surface area contributed by atoms with E-state index in [1.54, 1.807) is 0 Å². The van der Waals surface area contributed by atoms with Gasteiger partial charge in [0.1, 0.15) is 17.7 Å². The molecule has 0 spiro atoms. The van der Waals surface area contributed by atoms with Crippen LogP contribution in [0.1, 0.15) is 65.2 Å². The van der Waals surface area contributed by atoms with E-state index in [1.165, 1.54) is 0 Å². The lowest BCUT2D eigenvalue weighted by atomic mass is 9.45. The normalized spacial score (nSPS) is 48.3. The van der Waals surface area contributed by atoms with E-state index in [4.69, 9.17) is 4.74 Å². The molecule has 5 aliphatic rings. The molecule has 1 heterocycles. The van der Waals surface area contributed by atoms with Crippen molar-refractivity contribution in [2.75, 3.05) is 13.1 Å². The number of ketones is 2. The molecule has 0 amide bonds. The minimum absolute atomic E-state index is 0.00401. The molecule has 0 bridgehead atoms. The van der Waals surface area contributed by atoms with Crippen molar-refractivity contribution in [3.8, 4) is 0 Å². The quantitative estimate of drug-likeness (QED) is 0.738. The summed E-state index contributed by atoms with van der Waals surface area (Å²) in [6, 6.07) is 0. The summed E-state index contributed by atoms with van der Waals surface area (Å²) in [5, 5.41) is 3.11. The van der Waals surface area contributed by atoms with Crippen LogP contribution in [0, 0.1) is 40.4 Å². The molecule has 7 atom stereocenters. The molecule has 5 rings (SSSR count). The maximum absolute atomic E-state index is 13.3. The van der Waals surface area contributed by atoms with Crippen molar-refractivity contribution in [1.82, 2.24) is 5.32 Å². The van der Waals surface area contributed by atoms with Crippen LogP contribution in [0.2, 0.25) is 0 Å². The van der Waals surface area contributed by atoms with Gasteiger partial charge in [0.25, 0.3) is 0 Å². The van der Waals surface area contributed by atoms with Gasteiger partial charge in [-0.25, -0.2) is 0 Å². The number of fused-ring (bicyclic) bond motifs is 5. The molecule has 1 saturated heterocycles. The number of esters is 1. The molecule has 1 N–H and O–H groups in total. The van der Waals surface area contributed by atoms with E-state index in [0.29, 0.717) is 61.7 Å². The highest BCUT2D eigenvalue weighted by Crippen LogP contribution is 2.64. The molecule has 0 aromatic heterocycles. The lowest BCUT2D eigenvalue weighted by molar-refractivity contribution is -0.173. The zero-order valence-corrected chi connectivity index (χ0v) is 17.2. The van der Waals surface area contributed by atoms with Gasteiger partial charge in [0.2, 0.25) is 0 Å². The molecule has 154 valence electrons. The second kappa shape index (κ2) is 6.38. The standard InChI is InChI=1S/C23H33NO4/c1-22-7-5-14(28-21(27)13-11-24-12-13)9-18(22)19(25)10-15-16-3-4-20(26)23(16,2)8-6-17(15)22/h13-18,24H,3-12H2,1-2H3/t14-,15-,16-,17-,18?,22+,23-/m0/s1. The molecule has 1 unspecified atom stereocenters. The third kappa shape index (κ3) is 2.57. The third-order valence-corrected chi connectivity index (χ3v) is 9.52. The van der Waals surface area contributed by atoms with Gasteiger partial charge in [-0.05, 0) is 61.7 Å². The van der Waals surface area contributed by atoms with Crippen LogP contribution in [0.3, 0.4) is 0 Å².